The fourth-order valence-electron chi connectivity index (χ4n) is 2.85. The predicted molar refractivity (Wildman–Crippen MR) is 128 cm³/mol. The molecule has 3 aromatic rings. The summed E-state index contributed by atoms with van der Waals surface area (Å²) in [5, 5.41) is 12.4. The number of sulfonamides is 1. The summed E-state index contributed by atoms with van der Waals surface area (Å²) in [5.74, 6) is -0.564. The third kappa shape index (κ3) is 6.09. The Labute approximate surface area is 204 Å². The molecule has 0 aliphatic heterocycles. The molecule has 0 unspecified atom stereocenters. The molecule has 0 fully saturated rings. The number of amides is 1. The van der Waals surface area contributed by atoms with E-state index in [0.717, 1.165) is 8.78 Å². The highest BCUT2D eigenvalue weighted by Gasteiger charge is 2.27. The van der Waals surface area contributed by atoms with Gasteiger partial charge >= 0.3 is 0 Å². The second-order valence-corrected chi connectivity index (χ2v) is 10.4. The lowest BCUT2D eigenvalue weighted by molar-refractivity contribution is -0.116. The van der Waals surface area contributed by atoms with E-state index in [9.17, 15) is 13.2 Å². The van der Waals surface area contributed by atoms with E-state index in [-0.39, 0.29) is 16.5 Å². The summed E-state index contributed by atoms with van der Waals surface area (Å²) < 4.78 is 28.4. The highest BCUT2D eigenvalue weighted by atomic mass is 79.9. The molecule has 6 nitrogen and oxygen atoms in total. The number of halogens is 3. The van der Waals surface area contributed by atoms with E-state index >= 15 is 0 Å². The molecule has 0 heterocycles. The van der Waals surface area contributed by atoms with Gasteiger partial charge in [-0.25, -0.2) is 8.42 Å². The number of nitrogens with zero attached hydrogens (tertiary/aromatic N) is 2. The van der Waals surface area contributed by atoms with Crippen LogP contribution in [0.15, 0.2) is 76.1 Å². The number of anilines is 1. The van der Waals surface area contributed by atoms with Crippen molar-refractivity contribution in [1.82, 2.24) is 4.31 Å². The molecule has 1 N–H and O–H groups in total. The second-order valence-electron chi connectivity index (χ2n) is 6.70. The molecule has 0 saturated carbocycles. The van der Waals surface area contributed by atoms with Crippen LogP contribution in [0, 0.1) is 11.3 Å². The highest BCUT2D eigenvalue weighted by Crippen LogP contribution is 2.26. The molecule has 1 amide bonds. The molecular formula is C22H16BrCl2N3O3S. The summed E-state index contributed by atoms with van der Waals surface area (Å²) in [5.41, 5.74) is 1.26. The number of hydrogen-bond acceptors (Lipinski definition) is 4. The maximum absolute atomic E-state index is 13.3. The third-order valence-electron chi connectivity index (χ3n) is 4.41. The lowest BCUT2D eigenvalue weighted by Gasteiger charge is -2.22. The molecule has 0 aliphatic carbocycles. The minimum absolute atomic E-state index is 0.0325. The summed E-state index contributed by atoms with van der Waals surface area (Å²) >= 11 is 15.5. The Balaban J connectivity index is 1.91. The topological polar surface area (TPSA) is 90.3 Å². The first kappa shape index (κ1) is 24.2. The van der Waals surface area contributed by atoms with Crippen LogP contribution in [0.4, 0.5) is 5.69 Å². The smallest absolute Gasteiger partial charge is 0.243 e. The Hall–Kier alpha value is -2.41. The van der Waals surface area contributed by atoms with Crippen molar-refractivity contribution in [3.63, 3.8) is 0 Å². The minimum atomic E-state index is -4.04. The summed E-state index contributed by atoms with van der Waals surface area (Å²) in [6, 6.07) is 19.2. The zero-order valence-corrected chi connectivity index (χ0v) is 20.3. The second kappa shape index (κ2) is 10.5. The molecule has 0 aromatic heterocycles. The maximum Gasteiger partial charge on any atom is 0.243 e. The molecule has 0 spiro atoms. The lowest BCUT2D eigenvalue weighted by atomic mass is 10.2. The highest BCUT2D eigenvalue weighted by molar-refractivity contribution is 9.10. The summed E-state index contributed by atoms with van der Waals surface area (Å²) in [6.45, 7) is -0.603. The largest absolute Gasteiger partial charge is 0.325 e. The van der Waals surface area contributed by atoms with Gasteiger partial charge in [-0.15, -0.1) is 0 Å². The third-order valence-corrected chi connectivity index (χ3v) is 7.33. The fourth-order valence-corrected chi connectivity index (χ4v) is 4.96. The van der Waals surface area contributed by atoms with Crippen LogP contribution < -0.4 is 5.32 Å². The lowest BCUT2D eigenvalue weighted by Crippen LogP contribution is -2.37. The average Bonchev–Trinajstić information content (AvgIpc) is 2.75. The number of carbonyl (C=O) groups excluding carboxylic acids is 1. The number of hydrogen-bond donors (Lipinski definition) is 1. The first-order valence-electron chi connectivity index (χ1n) is 9.19. The molecule has 0 saturated heterocycles. The van der Waals surface area contributed by atoms with Gasteiger partial charge in [-0.05, 0) is 60.2 Å². The van der Waals surface area contributed by atoms with Gasteiger partial charge in [0.15, 0.2) is 0 Å². The summed E-state index contributed by atoms with van der Waals surface area (Å²) in [6.07, 6.45) is 0. The number of nitrogens with one attached hydrogen (secondary N) is 1. The molecule has 32 heavy (non-hydrogen) atoms. The van der Waals surface area contributed by atoms with E-state index in [1.165, 1.54) is 24.3 Å². The van der Waals surface area contributed by atoms with Gasteiger partial charge in [-0.2, -0.15) is 9.57 Å². The predicted octanol–water partition coefficient (Wildman–Crippen LogP) is 5.46. The summed E-state index contributed by atoms with van der Waals surface area (Å²) in [4.78, 5) is 12.8. The Morgan fingerprint density at radius 2 is 1.78 bits per heavy atom. The van der Waals surface area contributed by atoms with Gasteiger partial charge < -0.3 is 5.32 Å². The Kier molecular flexibility index (Phi) is 7.93. The van der Waals surface area contributed by atoms with Gasteiger partial charge in [-0.3, -0.25) is 4.79 Å². The minimum Gasteiger partial charge on any atom is -0.325 e. The van der Waals surface area contributed by atoms with E-state index in [0.29, 0.717) is 21.8 Å². The number of carbonyl (C=O) groups is 1. The molecule has 0 bridgehead atoms. The standard InChI is InChI=1S/C22H16BrCl2N3O3S/c23-17-5-8-20(9-6-17)32(30,31)28(13-16-4-7-18(24)11-21(16)25)14-22(29)27-19-3-1-2-15(10-19)12-26/h1-11H,13-14H2,(H,27,29). The number of benzene rings is 3. The van der Waals surface area contributed by atoms with Gasteiger partial charge in [0.05, 0.1) is 23.1 Å². The van der Waals surface area contributed by atoms with Crippen molar-refractivity contribution in [3.8, 4) is 6.07 Å². The van der Waals surface area contributed by atoms with E-state index in [4.69, 9.17) is 28.5 Å². The van der Waals surface area contributed by atoms with Crippen LogP contribution in [0.2, 0.25) is 10.0 Å². The van der Waals surface area contributed by atoms with Gasteiger partial charge in [0.2, 0.25) is 15.9 Å². The van der Waals surface area contributed by atoms with E-state index in [1.807, 2.05) is 6.07 Å². The maximum atomic E-state index is 13.3. The quantitative estimate of drug-likeness (QED) is 0.421. The molecule has 164 valence electrons. The SMILES string of the molecule is N#Cc1cccc(NC(=O)CN(Cc2ccc(Cl)cc2Cl)S(=O)(=O)c2ccc(Br)cc2)c1. The zero-order chi connectivity index (χ0) is 23.3. The van der Waals surface area contributed by atoms with E-state index in [1.54, 1.807) is 42.5 Å². The number of rotatable bonds is 7. The molecule has 3 rings (SSSR count). The van der Waals surface area contributed by atoms with Crippen LogP contribution in [-0.2, 0) is 21.4 Å². The molecule has 0 atom stereocenters. The Morgan fingerprint density at radius 3 is 2.44 bits per heavy atom. The Bertz CT molecular complexity index is 1290. The van der Waals surface area contributed by atoms with Crippen molar-refractivity contribution >= 4 is 60.7 Å². The van der Waals surface area contributed by atoms with Gasteiger partial charge in [-0.1, -0.05) is 51.3 Å². The van der Waals surface area contributed by atoms with Crippen molar-refractivity contribution < 1.29 is 13.2 Å². The zero-order valence-electron chi connectivity index (χ0n) is 16.4. The van der Waals surface area contributed by atoms with Crippen molar-refractivity contribution in [2.24, 2.45) is 0 Å². The fraction of sp³-hybridized carbons (Fsp3) is 0.0909. The summed E-state index contributed by atoms with van der Waals surface area (Å²) in [7, 11) is -4.04. The normalized spacial score (nSPS) is 11.2. The van der Waals surface area contributed by atoms with Crippen molar-refractivity contribution in [1.29, 1.82) is 5.26 Å². The van der Waals surface area contributed by atoms with E-state index in [2.05, 4.69) is 21.2 Å². The first-order chi connectivity index (χ1) is 15.2. The monoisotopic (exact) mass is 551 g/mol. The van der Waals surface area contributed by atoms with Crippen LogP contribution in [0.25, 0.3) is 0 Å². The van der Waals surface area contributed by atoms with Gasteiger partial charge in [0.25, 0.3) is 0 Å². The average molecular weight is 553 g/mol. The molecule has 3 aromatic carbocycles. The van der Waals surface area contributed by atoms with Crippen LogP contribution in [0.5, 0.6) is 0 Å². The van der Waals surface area contributed by atoms with E-state index < -0.39 is 22.5 Å². The molecule has 10 heteroatoms. The molecule has 0 aliphatic rings. The van der Waals surface area contributed by atoms with Gasteiger partial charge in [0.1, 0.15) is 0 Å². The van der Waals surface area contributed by atoms with Crippen LogP contribution in [0.1, 0.15) is 11.1 Å². The van der Waals surface area contributed by atoms with Crippen LogP contribution in [0.3, 0.4) is 0 Å². The number of nitriles is 1. The van der Waals surface area contributed by atoms with Crippen LogP contribution in [-0.4, -0.2) is 25.2 Å². The van der Waals surface area contributed by atoms with Gasteiger partial charge in [0, 0.05) is 26.8 Å². The van der Waals surface area contributed by atoms with Crippen molar-refractivity contribution in [2.45, 2.75) is 11.4 Å². The first-order valence-corrected chi connectivity index (χ1v) is 12.2. The van der Waals surface area contributed by atoms with Crippen LogP contribution >= 0.6 is 39.1 Å². The Morgan fingerprint density at radius 1 is 1.06 bits per heavy atom. The molecule has 0 radical (unpaired) electrons. The van der Waals surface area contributed by atoms with Crippen molar-refractivity contribution in [2.75, 3.05) is 11.9 Å². The van der Waals surface area contributed by atoms with Crippen molar-refractivity contribution in [3.05, 3.63) is 92.4 Å². The molecular weight excluding hydrogens is 537 g/mol.